The van der Waals surface area contributed by atoms with Crippen molar-refractivity contribution in [1.82, 2.24) is 15.0 Å². The van der Waals surface area contributed by atoms with Crippen molar-refractivity contribution in [3.8, 4) is 11.3 Å². The molecule has 3 heterocycles. The maximum Gasteiger partial charge on any atom is 0.310 e. The molecule has 200 valence electrons. The minimum absolute atomic E-state index is 0.0979. The standard InChI is InChI=1S/C26H31Cl2N3O6/c1-2-35-26(34)17-5-3-10-30(15-17)24(32)9-11-31(16-19-6-4-12-36-19)25(33)22-14-23(37-29-22)20-8-7-18(27)13-21(20)28/h7-8,13-14,17,19H,2-6,9-12,15-16H2,1H3/t17-,19-/m0/s1. The summed E-state index contributed by atoms with van der Waals surface area (Å²) in [5.74, 6) is -0.691. The Balaban J connectivity index is 1.43. The van der Waals surface area contributed by atoms with Gasteiger partial charge in [-0.15, -0.1) is 0 Å². The first-order valence-electron chi connectivity index (χ1n) is 12.6. The van der Waals surface area contributed by atoms with Gasteiger partial charge in [0.15, 0.2) is 11.5 Å². The summed E-state index contributed by atoms with van der Waals surface area (Å²) in [6, 6.07) is 6.50. The van der Waals surface area contributed by atoms with Gasteiger partial charge in [0, 0.05) is 55.9 Å². The number of halogens is 2. The van der Waals surface area contributed by atoms with E-state index in [1.807, 2.05) is 0 Å². The number of hydrogen-bond donors (Lipinski definition) is 0. The Morgan fingerprint density at radius 3 is 2.76 bits per heavy atom. The van der Waals surface area contributed by atoms with Crippen LogP contribution in [-0.4, -0.2) is 78.2 Å². The molecule has 2 aliphatic rings. The predicted octanol–water partition coefficient (Wildman–Crippen LogP) is 4.46. The molecule has 0 N–H and O–H groups in total. The molecule has 11 heteroatoms. The number of ether oxygens (including phenoxy) is 2. The second-order valence-corrected chi connectivity index (χ2v) is 10.1. The molecule has 1 aromatic heterocycles. The molecule has 4 rings (SSSR count). The molecular weight excluding hydrogens is 521 g/mol. The average Bonchev–Trinajstić information content (AvgIpc) is 3.59. The maximum absolute atomic E-state index is 13.4. The largest absolute Gasteiger partial charge is 0.466 e. The lowest BCUT2D eigenvalue weighted by molar-refractivity contribution is -0.151. The van der Waals surface area contributed by atoms with Crippen LogP contribution in [0.4, 0.5) is 0 Å². The fourth-order valence-corrected chi connectivity index (χ4v) is 5.21. The van der Waals surface area contributed by atoms with Crippen LogP contribution < -0.4 is 0 Å². The third-order valence-corrected chi connectivity index (χ3v) is 7.20. The summed E-state index contributed by atoms with van der Waals surface area (Å²) in [4.78, 5) is 41.9. The van der Waals surface area contributed by atoms with Gasteiger partial charge in [-0.1, -0.05) is 28.4 Å². The number of likely N-dealkylation sites (tertiary alicyclic amines) is 1. The van der Waals surface area contributed by atoms with Crippen molar-refractivity contribution in [3.63, 3.8) is 0 Å². The zero-order chi connectivity index (χ0) is 26.4. The van der Waals surface area contributed by atoms with Gasteiger partial charge in [-0.3, -0.25) is 14.4 Å². The third-order valence-electron chi connectivity index (χ3n) is 6.65. The quantitative estimate of drug-likeness (QED) is 0.424. The fraction of sp³-hybridized carbons (Fsp3) is 0.538. The van der Waals surface area contributed by atoms with Crippen LogP contribution in [0.5, 0.6) is 0 Å². The van der Waals surface area contributed by atoms with Gasteiger partial charge in [0.05, 0.1) is 23.7 Å². The summed E-state index contributed by atoms with van der Waals surface area (Å²) in [5, 5.41) is 4.84. The number of piperidine rings is 1. The molecule has 37 heavy (non-hydrogen) atoms. The molecule has 2 amide bonds. The Kier molecular flexibility index (Phi) is 9.45. The van der Waals surface area contributed by atoms with Crippen LogP contribution in [0.3, 0.4) is 0 Å². The number of benzene rings is 1. The molecule has 0 bridgehead atoms. The van der Waals surface area contributed by atoms with Crippen molar-refractivity contribution in [2.45, 2.75) is 45.1 Å². The van der Waals surface area contributed by atoms with Crippen LogP contribution in [-0.2, 0) is 19.1 Å². The SMILES string of the molecule is CCOC(=O)[C@H]1CCCN(C(=O)CCN(C[C@@H]2CCCO2)C(=O)c2cc(-c3ccc(Cl)cc3Cl)on2)C1. The maximum atomic E-state index is 13.4. The highest BCUT2D eigenvalue weighted by Crippen LogP contribution is 2.31. The van der Waals surface area contributed by atoms with Crippen molar-refractivity contribution >= 4 is 41.0 Å². The van der Waals surface area contributed by atoms with E-state index in [4.69, 9.17) is 37.2 Å². The van der Waals surface area contributed by atoms with E-state index in [9.17, 15) is 14.4 Å². The lowest BCUT2D eigenvalue weighted by Gasteiger charge is -2.32. The van der Waals surface area contributed by atoms with Crippen molar-refractivity contribution in [2.24, 2.45) is 5.92 Å². The molecule has 2 fully saturated rings. The van der Waals surface area contributed by atoms with Gasteiger partial charge in [-0.05, 0) is 50.8 Å². The Morgan fingerprint density at radius 1 is 1.19 bits per heavy atom. The minimum Gasteiger partial charge on any atom is -0.466 e. The summed E-state index contributed by atoms with van der Waals surface area (Å²) < 4.78 is 16.3. The highest BCUT2D eigenvalue weighted by molar-refractivity contribution is 6.36. The average molecular weight is 552 g/mol. The molecule has 2 aliphatic heterocycles. The van der Waals surface area contributed by atoms with E-state index < -0.39 is 0 Å². The summed E-state index contributed by atoms with van der Waals surface area (Å²) in [5.41, 5.74) is 0.687. The molecule has 2 saturated heterocycles. The monoisotopic (exact) mass is 551 g/mol. The minimum atomic E-state index is -0.355. The second-order valence-electron chi connectivity index (χ2n) is 9.27. The van der Waals surface area contributed by atoms with E-state index in [0.717, 1.165) is 19.3 Å². The van der Waals surface area contributed by atoms with Gasteiger partial charge in [-0.2, -0.15) is 0 Å². The molecule has 1 aromatic carbocycles. The summed E-state index contributed by atoms with van der Waals surface area (Å²) in [6.07, 6.45) is 3.25. The Labute approximate surface area is 225 Å². The van der Waals surface area contributed by atoms with Crippen LogP contribution in [0.1, 0.15) is 49.5 Å². The zero-order valence-corrected chi connectivity index (χ0v) is 22.3. The van der Waals surface area contributed by atoms with Gasteiger partial charge < -0.3 is 23.8 Å². The van der Waals surface area contributed by atoms with E-state index in [1.54, 1.807) is 34.9 Å². The number of carbonyl (C=O) groups excluding carboxylic acids is 3. The van der Waals surface area contributed by atoms with Crippen molar-refractivity contribution in [2.75, 3.05) is 39.4 Å². The van der Waals surface area contributed by atoms with Crippen LogP contribution in [0.15, 0.2) is 28.8 Å². The van der Waals surface area contributed by atoms with Crippen LogP contribution in [0.2, 0.25) is 10.0 Å². The molecule has 0 saturated carbocycles. The van der Waals surface area contributed by atoms with Gasteiger partial charge in [-0.25, -0.2) is 0 Å². The number of nitrogens with zero attached hydrogens (tertiary/aromatic N) is 3. The van der Waals surface area contributed by atoms with Crippen LogP contribution >= 0.6 is 23.2 Å². The second kappa shape index (κ2) is 12.8. The first kappa shape index (κ1) is 27.4. The molecule has 0 aliphatic carbocycles. The number of rotatable bonds is 9. The van der Waals surface area contributed by atoms with Crippen molar-refractivity contribution in [3.05, 3.63) is 40.0 Å². The van der Waals surface area contributed by atoms with Crippen molar-refractivity contribution < 1.29 is 28.4 Å². The van der Waals surface area contributed by atoms with Gasteiger partial charge in [0.25, 0.3) is 5.91 Å². The Morgan fingerprint density at radius 2 is 2.03 bits per heavy atom. The van der Waals surface area contributed by atoms with E-state index in [0.29, 0.717) is 60.6 Å². The Bertz CT molecular complexity index is 1120. The lowest BCUT2D eigenvalue weighted by Crippen LogP contribution is -2.45. The number of aromatic nitrogens is 1. The fourth-order valence-electron chi connectivity index (χ4n) is 4.71. The third kappa shape index (κ3) is 7.03. The zero-order valence-electron chi connectivity index (χ0n) is 20.8. The number of hydrogen-bond acceptors (Lipinski definition) is 7. The number of amides is 2. The lowest BCUT2D eigenvalue weighted by atomic mass is 9.98. The molecule has 0 radical (unpaired) electrons. The molecule has 2 aromatic rings. The molecular formula is C26H31Cl2N3O6. The smallest absolute Gasteiger partial charge is 0.310 e. The van der Waals surface area contributed by atoms with Crippen LogP contribution in [0, 0.1) is 5.92 Å². The van der Waals surface area contributed by atoms with Gasteiger partial charge in [0.2, 0.25) is 5.91 Å². The van der Waals surface area contributed by atoms with E-state index in [2.05, 4.69) is 5.16 Å². The first-order chi connectivity index (χ1) is 17.9. The van der Waals surface area contributed by atoms with Crippen molar-refractivity contribution in [1.29, 1.82) is 0 Å². The molecule has 9 nitrogen and oxygen atoms in total. The highest BCUT2D eigenvalue weighted by Gasteiger charge is 2.31. The summed E-state index contributed by atoms with van der Waals surface area (Å²) in [6.45, 7) is 4.21. The molecule has 2 atom stereocenters. The van der Waals surface area contributed by atoms with Gasteiger partial charge >= 0.3 is 5.97 Å². The van der Waals surface area contributed by atoms with Gasteiger partial charge in [0.1, 0.15) is 0 Å². The summed E-state index contributed by atoms with van der Waals surface area (Å²) >= 11 is 12.3. The highest BCUT2D eigenvalue weighted by atomic mass is 35.5. The topological polar surface area (TPSA) is 102 Å². The Hall–Kier alpha value is -2.62. The van der Waals surface area contributed by atoms with E-state index >= 15 is 0 Å². The van der Waals surface area contributed by atoms with Crippen LogP contribution in [0.25, 0.3) is 11.3 Å². The molecule has 0 spiro atoms. The predicted molar refractivity (Wildman–Crippen MR) is 137 cm³/mol. The number of esters is 1. The summed E-state index contributed by atoms with van der Waals surface area (Å²) in [7, 11) is 0. The van der Waals surface area contributed by atoms with E-state index in [1.165, 1.54) is 6.07 Å². The normalized spacial score (nSPS) is 19.6. The van der Waals surface area contributed by atoms with E-state index in [-0.39, 0.29) is 48.5 Å². The molecule has 0 unspecified atom stereocenters. The number of carbonyl (C=O) groups is 3. The first-order valence-corrected chi connectivity index (χ1v) is 13.4.